The Morgan fingerprint density at radius 1 is 0.646 bits per heavy atom. The first-order valence-electron chi connectivity index (χ1n) is 16.0. The van der Waals surface area contributed by atoms with Crippen LogP contribution in [-0.4, -0.2) is 89.7 Å². The van der Waals surface area contributed by atoms with Crippen molar-refractivity contribution in [2.75, 3.05) is 55.4 Å². The zero-order chi connectivity index (χ0) is 35.1. The van der Waals surface area contributed by atoms with Gasteiger partial charge < -0.3 is 48.1 Å². The van der Waals surface area contributed by atoms with Crippen molar-refractivity contribution in [3.8, 4) is 22.6 Å². The molecule has 0 amide bonds. The molecule has 2 aromatic carbocycles. The molecular weight excluding hydrogens is 624 g/mol. The van der Waals surface area contributed by atoms with E-state index < -0.39 is 36.0 Å². The summed E-state index contributed by atoms with van der Waals surface area (Å²) in [6, 6.07) is 7.91. The first-order chi connectivity index (χ1) is 23.2. The van der Waals surface area contributed by atoms with Crippen molar-refractivity contribution in [1.29, 1.82) is 0 Å². The maximum Gasteiger partial charge on any atom is 0.310 e. The molecule has 12 heteroatoms. The zero-order valence-corrected chi connectivity index (χ0v) is 28.8. The molecule has 4 atom stereocenters. The summed E-state index contributed by atoms with van der Waals surface area (Å²) in [5, 5.41) is 20.5. The second kappa shape index (κ2) is 20.1. The van der Waals surface area contributed by atoms with Gasteiger partial charge in [-0.15, -0.1) is 0 Å². The molecule has 48 heavy (non-hydrogen) atoms. The number of allylic oxidation sites excluding steroid dienone is 2. The molecule has 0 bridgehead atoms. The van der Waals surface area contributed by atoms with Crippen LogP contribution < -0.4 is 9.47 Å². The Morgan fingerprint density at radius 3 is 1.42 bits per heavy atom. The van der Waals surface area contributed by atoms with Crippen LogP contribution in [0.4, 0.5) is 0 Å². The van der Waals surface area contributed by atoms with E-state index in [0.29, 0.717) is 44.0 Å². The highest BCUT2D eigenvalue weighted by molar-refractivity contribution is 5.82. The third kappa shape index (κ3) is 10.7. The highest BCUT2D eigenvalue weighted by atomic mass is 16.6. The zero-order valence-electron chi connectivity index (χ0n) is 28.8. The van der Waals surface area contributed by atoms with Crippen LogP contribution >= 0.6 is 0 Å². The van der Waals surface area contributed by atoms with Gasteiger partial charge in [-0.2, -0.15) is 0 Å². The van der Waals surface area contributed by atoms with Crippen molar-refractivity contribution in [1.82, 2.24) is 0 Å². The molecule has 12 nitrogen and oxygen atoms in total. The standard InChI is InChI=1S/C36H50O12/c1-7-29(37)20-47-35(39)31-10-8-9-11-32(31)36(40)48-22-30(38)21-46-34-27(18-43-4)14-24(15-28(34)19-44-5)23-12-25(16-41-2)33(45-6)26(13-23)17-42-3/h8-9,12-15,29-32,37-38H,7,10-11,16-22H2,1-6H3. The van der Waals surface area contributed by atoms with Gasteiger partial charge in [0, 0.05) is 50.7 Å². The number of benzene rings is 2. The van der Waals surface area contributed by atoms with Crippen LogP contribution in [0.15, 0.2) is 36.4 Å². The number of ether oxygens (including phenoxy) is 8. The molecule has 0 aromatic heterocycles. The number of aliphatic hydroxyl groups excluding tert-OH is 2. The SMILES string of the molecule is CCC(O)COC(=O)C1CC=CCC1C(=O)OCC(O)COc1c(COC)cc(-c2cc(COC)c(OC)c(COC)c2)cc1COC. The minimum Gasteiger partial charge on any atom is -0.496 e. The van der Waals surface area contributed by atoms with Gasteiger partial charge in [-0.1, -0.05) is 19.1 Å². The Hall–Kier alpha value is -3.52. The van der Waals surface area contributed by atoms with E-state index in [1.807, 2.05) is 36.4 Å². The minimum absolute atomic E-state index is 0.131. The Bertz CT molecular complexity index is 1300. The Balaban J connectivity index is 1.76. The molecule has 1 aliphatic rings. The maximum atomic E-state index is 13.0. The largest absolute Gasteiger partial charge is 0.496 e. The molecule has 4 unspecified atom stereocenters. The summed E-state index contributed by atoms with van der Waals surface area (Å²) in [5.74, 6) is -1.46. The van der Waals surface area contributed by atoms with Crippen molar-refractivity contribution in [2.24, 2.45) is 11.8 Å². The average molecular weight is 675 g/mol. The predicted octanol–water partition coefficient (Wildman–Crippen LogP) is 4.13. The van der Waals surface area contributed by atoms with Gasteiger partial charge in [-0.25, -0.2) is 0 Å². The van der Waals surface area contributed by atoms with Crippen LogP contribution in [0.25, 0.3) is 11.1 Å². The summed E-state index contributed by atoms with van der Waals surface area (Å²) >= 11 is 0. The second-order valence-electron chi connectivity index (χ2n) is 11.6. The van der Waals surface area contributed by atoms with Crippen LogP contribution in [0, 0.1) is 11.8 Å². The van der Waals surface area contributed by atoms with Gasteiger partial charge >= 0.3 is 11.9 Å². The number of hydrogen-bond donors (Lipinski definition) is 2. The van der Waals surface area contributed by atoms with Gasteiger partial charge in [0.2, 0.25) is 0 Å². The molecule has 0 radical (unpaired) electrons. The molecule has 0 saturated heterocycles. The monoisotopic (exact) mass is 674 g/mol. The van der Waals surface area contributed by atoms with Crippen LogP contribution in [0.1, 0.15) is 48.4 Å². The van der Waals surface area contributed by atoms with Crippen molar-refractivity contribution >= 4 is 11.9 Å². The normalized spacial score (nSPS) is 17.1. The smallest absolute Gasteiger partial charge is 0.310 e. The van der Waals surface area contributed by atoms with E-state index in [2.05, 4.69) is 0 Å². The van der Waals surface area contributed by atoms with E-state index in [4.69, 9.17) is 37.9 Å². The van der Waals surface area contributed by atoms with Crippen molar-refractivity contribution < 1.29 is 57.7 Å². The minimum atomic E-state index is -1.15. The third-order valence-electron chi connectivity index (χ3n) is 7.99. The van der Waals surface area contributed by atoms with Gasteiger partial charge in [-0.3, -0.25) is 9.59 Å². The predicted molar refractivity (Wildman–Crippen MR) is 176 cm³/mol. The van der Waals surface area contributed by atoms with Crippen LogP contribution in [-0.2, 0) is 64.4 Å². The Morgan fingerprint density at radius 2 is 1.04 bits per heavy atom. The number of esters is 2. The van der Waals surface area contributed by atoms with Gasteiger partial charge in [0.25, 0.3) is 0 Å². The lowest BCUT2D eigenvalue weighted by molar-refractivity contribution is -0.164. The fourth-order valence-electron chi connectivity index (χ4n) is 5.59. The highest BCUT2D eigenvalue weighted by Crippen LogP contribution is 2.37. The molecule has 0 aliphatic heterocycles. The van der Waals surface area contributed by atoms with Crippen LogP contribution in [0.5, 0.6) is 11.5 Å². The van der Waals surface area contributed by atoms with E-state index >= 15 is 0 Å². The number of methoxy groups -OCH3 is 5. The summed E-state index contributed by atoms with van der Waals surface area (Å²) in [7, 11) is 8.02. The number of rotatable bonds is 20. The molecule has 0 saturated carbocycles. The summed E-state index contributed by atoms with van der Waals surface area (Å²) in [4.78, 5) is 25.6. The molecule has 0 spiro atoms. The molecule has 1 aliphatic carbocycles. The van der Waals surface area contributed by atoms with Crippen molar-refractivity contribution in [3.05, 3.63) is 58.7 Å². The molecule has 0 heterocycles. The molecule has 3 rings (SSSR count). The molecule has 2 N–H and O–H groups in total. The van der Waals surface area contributed by atoms with Gasteiger partial charge in [0.1, 0.15) is 37.4 Å². The van der Waals surface area contributed by atoms with Crippen molar-refractivity contribution in [2.45, 2.75) is 64.8 Å². The lowest BCUT2D eigenvalue weighted by atomic mass is 9.83. The van der Waals surface area contributed by atoms with Crippen LogP contribution in [0.3, 0.4) is 0 Å². The first-order valence-corrected chi connectivity index (χ1v) is 16.0. The van der Waals surface area contributed by atoms with E-state index in [1.165, 1.54) is 0 Å². The van der Waals surface area contributed by atoms with E-state index in [-0.39, 0.29) is 33.0 Å². The Labute approximate surface area is 282 Å². The van der Waals surface area contributed by atoms with E-state index in [9.17, 15) is 19.8 Å². The molecule has 2 aromatic rings. The van der Waals surface area contributed by atoms with E-state index in [0.717, 1.165) is 33.4 Å². The summed E-state index contributed by atoms with van der Waals surface area (Å²) in [6.45, 7) is 2.28. The summed E-state index contributed by atoms with van der Waals surface area (Å²) in [6.07, 6.45) is 2.80. The summed E-state index contributed by atoms with van der Waals surface area (Å²) < 4.78 is 44.3. The fourth-order valence-corrected chi connectivity index (χ4v) is 5.59. The number of hydrogen-bond acceptors (Lipinski definition) is 12. The van der Waals surface area contributed by atoms with Crippen LogP contribution in [0.2, 0.25) is 0 Å². The fraction of sp³-hybridized carbons (Fsp3) is 0.556. The first kappa shape index (κ1) is 38.9. The Kier molecular flexibility index (Phi) is 16.3. The number of aliphatic hydroxyl groups is 2. The molecule has 266 valence electrons. The average Bonchev–Trinajstić information content (AvgIpc) is 3.09. The van der Waals surface area contributed by atoms with Gasteiger partial charge in [0.15, 0.2) is 0 Å². The highest BCUT2D eigenvalue weighted by Gasteiger charge is 2.36. The van der Waals surface area contributed by atoms with E-state index in [1.54, 1.807) is 42.5 Å². The van der Waals surface area contributed by atoms with Crippen molar-refractivity contribution in [3.63, 3.8) is 0 Å². The lowest BCUT2D eigenvalue weighted by Crippen LogP contribution is -2.36. The third-order valence-corrected chi connectivity index (χ3v) is 7.99. The summed E-state index contributed by atoms with van der Waals surface area (Å²) in [5.41, 5.74) is 4.98. The van der Waals surface area contributed by atoms with Gasteiger partial charge in [-0.05, 0) is 54.7 Å². The number of carbonyl (C=O) groups excluding carboxylic acids is 2. The quantitative estimate of drug-likeness (QED) is 0.154. The lowest BCUT2D eigenvalue weighted by Gasteiger charge is -2.26. The molecular formula is C36H50O12. The maximum absolute atomic E-state index is 13.0. The molecule has 0 fully saturated rings. The second-order valence-corrected chi connectivity index (χ2v) is 11.6. The van der Waals surface area contributed by atoms with Gasteiger partial charge in [0.05, 0.1) is 51.5 Å². The topological polar surface area (TPSA) is 148 Å². The number of carbonyl (C=O) groups is 2.